The van der Waals surface area contributed by atoms with E-state index in [1.54, 1.807) is 4.90 Å². The molecular formula is C14H26N2O4. The molecule has 0 aromatic carbocycles. The van der Waals surface area contributed by atoms with Gasteiger partial charge in [-0.3, -0.25) is 0 Å². The molecule has 2 aliphatic rings. The molecule has 2 fully saturated rings. The molecule has 0 radical (unpaired) electrons. The van der Waals surface area contributed by atoms with E-state index in [9.17, 15) is 4.79 Å². The van der Waals surface area contributed by atoms with Gasteiger partial charge < -0.3 is 24.8 Å². The molecule has 2 saturated heterocycles. The Morgan fingerprint density at radius 2 is 2.25 bits per heavy atom. The van der Waals surface area contributed by atoms with Gasteiger partial charge in [-0.1, -0.05) is 0 Å². The third-order valence-corrected chi connectivity index (χ3v) is 3.60. The zero-order chi connectivity index (χ0) is 14.8. The molecule has 1 spiro atoms. The van der Waals surface area contributed by atoms with Gasteiger partial charge in [0.1, 0.15) is 11.2 Å². The number of rotatable bonds is 1. The summed E-state index contributed by atoms with van der Waals surface area (Å²) in [4.78, 5) is 13.9. The molecule has 2 atom stereocenters. The van der Waals surface area contributed by atoms with Gasteiger partial charge in [-0.2, -0.15) is 0 Å². The van der Waals surface area contributed by atoms with Crippen LogP contribution in [0.5, 0.6) is 0 Å². The monoisotopic (exact) mass is 286 g/mol. The van der Waals surface area contributed by atoms with Crippen molar-refractivity contribution in [3.63, 3.8) is 0 Å². The molecule has 20 heavy (non-hydrogen) atoms. The van der Waals surface area contributed by atoms with Gasteiger partial charge in [0.15, 0.2) is 0 Å². The number of nitrogens with two attached hydrogens (primary N) is 1. The van der Waals surface area contributed by atoms with E-state index in [-0.39, 0.29) is 12.2 Å². The van der Waals surface area contributed by atoms with Crippen molar-refractivity contribution in [3.05, 3.63) is 0 Å². The van der Waals surface area contributed by atoms with Crippen LogP contribution in [0.4, 0.5) is 4.79 Å². The maximum Gasteiger partial charge on any atom is 0.410 e. The molecule has 0 aromatic heterocycles. The number of carbonyl (C=O) groups excluding carboxylic acids is 1. The van der Waals surface area contributed by atoms with Gasteiger partial charge in [0, 0.05) is 13.1 Å². The Morgan fingerprint density at radius 1 is 1.50 bits per heavy atom. The Labute approximate surface area is 120 Å². The fourth-order valence-electron chi connectivity index (χ4n) is 2.67. The van der Waals surface area contributed by atoms with E-state index in [0.29, 0.717) is 32.8 Å². The van der Waals surface area contributed by atoms with Gasteiger partial charge in [0.25, 0.3) is 0 Å². The number of nitrogens with zero attached hydrogens (tertiary/aromatic N) is 1. The second-order valence-electron chi connectivity index (χ2n) is 6.65. The smallest absolute Gasteiger partial charge is 0.410 e. The van der Waals surface area contributed by atoms with Crippen molar-refractivity contribution in [2.45, 2.75) is 50.9 Å². The lowest BCUT2D eigenvalue weighted by Crippen LogP contribution is -2.48. The minimum Gasteiger partial charge on any atom is -0.444 e. The molecule has 0 aromatic rings. The lowest BCUT2D eigenvalue weighted by Gasteiger charge is -2.33. The normalized spacial score (nSPS) is 31.4. The van der Waals surface area contributed by atoms with Gasteiger partial charge in [-0.25, -0.2) is 4.79 Å². The van der Waals surface area contributed by atoms with Crippen molar-refractivity contribution >= 4 is 6.09 Å². The van der Waals surface area contributed by atoms with Gasteiger partial charge in [-0.15, -0.1) is 0 Å². The predicted molar refractivity (Wildman–Crippen MR) is 74.5 cm³/mol. The predicted octanol–water partition coefficient (Wildman–Crippen LogP) is 1.13. The maximum absolute atomic E-state index is 12.2. The summed E-state index contributed by atoms with van der Waals surface area (Å²) < 4.78 is 17.1. The first-order chi connectivity index (χ1) is 9.34. The molecule has 6 heteroatoms. The molecule has 2 heterocycles. The molecule has 6 nitrogen and oxygen atoms in total. The van der Waals surface area contributed by atoms with E-state index in [2.05, 4.69) is 0 Å². The summed E-state index contributed by atoms with van der Waals surface area (Å²) in [7, 11) is 0. The van der Waals surface area contributed by atoms with Crippen molar-refractivity contribution in [3.8, 4) is 0 Å². The molecule has 2 aliphatic heterocycles. The average molecular weight is 286 g/mol. The van der Waals surface area contributed by atoms with Crippen LogP contribution in [0.2, 0.25) is 0 Å². The molecule has 116 valence electrons. The molecule has 0 aliphatic carbocycles. The zero-order valence-electron chi connectivity index (χ0n) is 12.7. The summed E-state index contributed by atoms with van der Waals surface area (Å²) in [5.74, 6) is 0. The topological polar surface area (TPSA) is 74.0 Å². The van der Waals surface area contributed by atoms with Crippen molar-refractivity contribution in [1.29, 1.82) is 0 Å². The summed E-state index contributed by atoms with van der Waals surface area (Å²) in [5, 5.41) is 0. The Balaban J connectivity index is 2.02. The minimum atomic E-state index is -0.492. The molecule has 0 bridgehead atoms. The van der Waals surface area contributed by atoms with E-state index >= 15 is 0 Å². The zero-order valence-corrected chi connectivity index (χ0v) is 12.7. The van der Waals surface area contributed by atoms with Crippen LogP contribution in [0.3, 0.4) is 0 Å². The molecule has 0 saturated carbocycles. The second kappa shape index (κ2) is 5.87. The van der Waals surface area contributed by atoms with Crippen LogP contribution in [-0.4, -0.2) is 61.1 Å². The van der Waals surface area contributed by atoms with Gasteiger partial charge in [0.2, 0.25) is 0 Å². The SMILES string of the molecule is CC(C)(C)OC(=O)N1CCOCC2(CCC(CN)O2)C1. The van der Waals surface area contributed by atoms with Crippen LogP contribution in [0.1, 0.15) is 33.6 Å². The Bertz CT molecular complexity index is 356. The molecule has 2 N–H and O–H groups in total. The number of carbonyl (C=O) groups is 1. The van der Waals surface area contributed by atoms with E-state index in [1.165, 1.54) is 0 Å². The highest BCUT2D eigenvalue weighted by Gasteiger charge is 2.44. The van der Waals surface area contributed by atoms with Gasteiger partial charge >= 0.3 is 6.09 Å². The molecular weight excluding hydrogens is 260 g/mol. The largest absolute Gasteiger partial charge is 0.444 e. The lowest BCUT2D eigenvalue weighted by atomic mass is 10.0. The maximum atomic E-state index is 12.2. The summed E-state index contributed by atoms with van der Waals surface area (Å²) in [6.07, 6.45) is 1.55. The van der Waals surface area contributed by atoms with E-state index in [4.69, 9.17) is 19.9 Å². The average Bonchev–Trinajstić information content (AvgIpc) is 2.61. The Hall–Kier alpha value is -0.850. The van der Waals surface area contributed by atoms with Crippen LogP contribution < -0.4 is 5.73 Å². The first-order valence-electron chi connectivity index (χ1n) is 7.27. The second-order valence-corrected chi connectivity index (χ2v) is 6.65. The summed E-state index contributed by atoms with van der Waals surface area (Å²) in [5.41, 5.74) is 4.76. The van der Waals surface area contributed by atoms with Crippen LogP contribution >= 0.6 is 0 Å². The fourth-order valence-corrected chi connectivity index (χ4v) is 2.67. The van der Waals surface area contributed by atoms with Crippen LogP contribution in [-0.2, 0) is 14.2 Å². The van der Waals surface area contributed by atoms with Crippen molar-refractivity contribution < 1.29 is 19.0 Å². The first kappa shape index (κ1) is 15.5. The summed E-state index contributed by atoms with van der Waals surface area (Å²) in [6.45, 7) is 8.18. The molecule has 2 rings (SSSR count). The number of ether oxygens (including phenoxy) is 3. The van der Waals surface area contributed by atoms with Crippen LogP contribution in [0.15, 0.2) is 0 Å². The third-order valence-electron chi connectivity index (χ3n) is 3.60. The van der Waals surface area contributed by atoms with E-state index in [1.807, 2.05) is 20.8 Å². The quantitative estimate of drug-likeness (QED) is 0.782. The Kier molecular flexibility index (Phi) is 4.56. The van der Waals surface area contributed by atoms with Crippen molar-refractivity contribution in [2.24, 2.45) is 5.73 Å². The van der Waals surface area contributed by atoms with Gasteiger partial charge in [-0.05, 0) is 33.6 Å². The highest BCUT2D eigenvalue weighted by Crippen LogP contribution is 2.33. The lowest BCUT2D eigenvalue weighted by molar-refractivity contribution is -0.0836. The fraction of sp³-hybridized carbons (Fsp3) is 0.929. The van der Waals surface area contributed by atoms with E-state index in [0.717, 1.165) is 12.8 Å². The summed E-state index contributed by atoms with van der Waals surface area (Å²) in [6, 6.07) is 0. The number of hydrogen-bond acceptors (Lipinski definition) is 5. The minimum absolute atomic E-state index is 0.0668. The first-order valence-corrected chi connectivity index (χ1v) is 7.27. The van der Waals surface area contributed by atoms with Crippen LogP contribution in [0.25, 0.3) is 0 Å². The van der Waals surface area contributed by atoms with Gasteiger partial charge in [0.05, 0.1) is 25.9 Å². The van der Waals surface area contributed by atoms with Crippen molar-refractivity contribution in [2.75, 3.05) is 32.8 Å². The number of hydrogen-bond donors (Lipinski definition) is 1. The standard InChI is InChI=1S/C14H26N2O4/c1-13(2,3)20-12(17)16-6-7-18-10-14(9-16)5-4-11(8-15)19-14/h11H,4-10,15H2,1-3H3. The highest BCUT2D eigenvalue weighted by molar-refractivity contribution is 5.68. The third kappa shape index (κ3) is 3.84. The van der Waals surface area contributed by atoms with Crippen LogP contribution in [0, 0.1) is 0 Å². The molecule has 2 unspecified atom stereocenters. The van der Waals surface area contributed by atoms with E-state index < -0.39 is 11.2 Å². The molecule has 1 amide bonds. The Morgan fingerprint density at radius 3 is 2.85 bits per heavy atom. The summed E-state index contributed by atoms with van der Waals surface area (Å²) >= 11 is 0. The highest BCUT2D eigenvalue weighted by atomic mass is 16.6. The van der Waals surface area contributed by atoms with Crippen molar-refractivity contribution in [1.82, 2.24) is 4.90 Å². The number of amides is 1.